The third-order valence-electron chi connectivity index (χ3n) is 3.93. The lowest BCUT2D eigenvalue weighted by molar-refractivity contribution is 1.11. The molecule has 0 aliphatic heterocycles. The molecule has 1 heterocycles. The van der Waals surface area contributed by atoms with Crippen molar-refractivity contribution in [2.75, 3.05) is 10.6 Å². The maximum absolute atomic E-state index is 9.21. The molecule has 1 aromatic heterocycles. The summed E-state index contributed by atoms with van der Waals surface area (Å²) in [5, 5.41) is 15.6. The van der Waals surface area contributed by atoms with Crippen LogP contribution in [0.3, 0.4) is 0 Å². The van der Waals surface area contributed by atoms with Gasteiger partial charge >= 0.3 is 0 Å². The van der Waals surface area contributed by atoms with E-state index in [0.29, 0.717) is 23.0 Å². The Morgan fingerprint density at radius 1 is 0.880 bits per heavy atom. The van der Waals surface area contributed by atoms with Gasteiger partial charge in [0.15, 0.2) is 0 Å². The molecule has 0 saturated heterocycles. The second-order valence-electron chi connectivity index (χ2n) is 5.92. The predicted octanol–water partition coefficient (Wildman–Crippen LogP) is 4.76. The molecule has 2 N–H and O–H groups in total. The van der Waals surface area contributed by atoms with Crippen molar-refractivity contribution < 1.29 is 0 Å². The van der Waals surface area contributed by atoms with E-state index in [1.165, 1.54) is 11.1 Å². The summed E-state index contributed by atoms with van der Waals surface area (Å²) in [7, 11) is 0. The van der Waals surface area contributed by atoms with Gasteiger partial charge in [-0.2, -0.15) is 10.2 Å². The summed E-state index contributed by atoms with van der Waals surface area (Å²) in [6, 6.07) is 17.5. The first-order chi connectivity index (χ1) is 12.0. The molecule has 5 nitrogen and oxygen atoms in total. The van der Waals surface area contributed by atoms with E-state index in [1.54, 1.807) is 6.07 Å². The summed E-state index contributed by atoms with van der Waals surface area (Å²) in [6.45, 7) is 6.08. The van der Waals surface area contributed by atoms with Gasteiger partial charge in [-0.25, -0.2) is 4.98 Å². The highest BCUT2D eigenvalue weighted by Crippen LogP contribution is 2.22. The predicted molar refractivity (Wildman–Crippen MR) is 100 cm³/mol. The van der Waals surface area contributed by atoms with Crippen molar-refractivity contribution in [2.24, 2.45) is 0 Å². The zero-order valence-corrected chi connectivity index (χ0v) is 14.5. The van der Waals surface area contributed by atoms with Gasteiger partial charge < -0.3 is 10.6 Å². The normalized spacial score (nSPS) is 10.2. The molecule has 0 radical (unpaired) electrons. The summed E-state index contributed by atoms with van der Waals surface area (Å²) in [4.78, 5) is 8.92. The lowest BCUT2D eigenvalue weighted by atomic mass is 10.1. The first-order valence-electron chi connectivity index (χ1n) is 8.01. The highest BCUT2D eigenvalue weighted by Gasteiger charge is 2.07. The molecule has 0 aliphatic rings. The maximum atomic E-state index is 9.21. The topological polar surface area (TPSA) is 73.6 Å². The van der Waals surface area contributed by atoms with Crippen molar-refractivity contribution in [3.8, 4) is 6.07 Å². The van der Waals surface area contributed by atoms with Crippen molar-refractivity contribution in [3.05, 3.63) is 70.9 Å². The fourth-order valence-corrected chi connectivity index (χ4v) is 2.47. The van der Waals surface area contributed by atoms with Crippen molar-refractivity contribution in [1.82, 2.24) is 9.97 Å². The van der Waals surface area contributed by atoms with Crippen LogP contribution in [0.25, 0.3) is 0 Å². The van der Waals surface area contributed by atoms with Crippen LogP contribution in [0.15, 0.2) is 48.5 Å². The Bertz CT molecular complexity index is 957. The quantitative estimate of drug-likeness (QED) is 0.722. The Morgan fingerprint density at radius 3 is 2.44 bits per heavy atom. The average molecular weight is 329 g/mol. The van der Waals surface area contributed by atoms with Gasteiger partial charge in [-0.15, -0.1) is 0 Å². The van der Waals surface area contributed by atoms with Crippen LogP contribution in [0, 0.1) is 32.1 Å². The van der Waals surface area contributed by atoms with E-state index in [9.17, 15) is 5.26 Å². The minimum atomic E-state index is 0.453. The second-order valence-corrected chi connectivity index (χ2v) is 5.92. The minimum Gasteiger partial charge on any atom is -0.340 e. The van der Waals surface area contributed by atoms with Crippen LogP contribution in [-0.4, -0.2) is 9.97 Å². The summed E-state index contributed by atoms with van der Waals surface area (Å²) in [5.41, 5.74) is 5.52. The first kappa shape index (κ1) is 16.5. The van der Waals surface area contributed by atoms with Gasteiger partial charge in [-0.05, 0) is 56.2 Å². The van der Waals surface area contributed by atoms with Gasteiger partial charge in [-0.1, -0.05) is 18.2 Å². The average Bonchev–Trinajstić information content (AvgIpc) is 2.58. The molecule has 3 rings (SSSR count). The number of aromatic nitrogens is 2. The molecule has 124 valence electrons. The molecule has 0 amide bonds. The SMILES string of the molecule is Cc1cc(Nc2ccc(C)c(C)c2)nc(Nc2ccccc2C#N)n1. The molecule has 2 aromatic carbocycles. The Balaban J connectivity index is 1.88. The third kappa shape index (κ3) is 3.93. The van der Waals surface area contributed by atoms with E-state index in [0.717, 1.165) is 11.4 Å². The monoisotopic (exact) mass is 329 g/mol. The van der Waals surface area contributed by atoms with E-state index in [1.807, 2.05) is 37.3 Å². The zero-order valence-electron chi connectivity index (χ0n) is 14.5. The van der Waals surface area contributed by atoms with Gasteiger partial charge in [0.25, 0.3) is 0 Å². The Kier molecular flexibility index (Phi) is 4.62. The highest BCUT2D eigenvalue weighted by molar-refractivity contribution is 5.65. The van der Waals surface area contributed by atoms with Crippen LogP contribution < -0.4 is 10.6 Å². The van der Waals surface area contributed by atoms with Gasteiger partial charge in [0, 0.05) is 17.4 Å². The standard InChI is InChI=1S/C20H19N5/c1-13-8-9-17(10-14(13)2)23-19-11-15(3)22-20(25-19)24-18-7-5-4-6-16(18)12-21/h4-11H,1-3H3,(H2,22,23,24,25). The third-order valence-corrected chi connectivity index (χ3v) is 3.93. The van der Waals surface area contributed by atoms with Crippen molar-refractivity contribution in [3.63, 3.8) is 0 Å². The van der Waals surface area contributed by atoms with Gasteiger partial charge in [-0.3, -0.25) is 0 Å². The smallest absolute Gasteiger partial charge is 0.229 e. The van der Waals surface area contributed by atoms with Crippen LogP contribution in [0.5, 0.6) is 0 Å². The van der Waals surface area contributed by atoms with Crippen LogP contribution in [0.2, 0.25) is 0 Å². The Morgan fingerprint density at radius 2 is 1.68 bits per heavy atom. The molecule has 0 spiro atoms. The van der Waals surface area contributed by atoms with Crippen molar-refractivity contribution in [2.45, 2.75) is 20.8 Å². The number of para-hydroxylation sites is 1. The van der Waals surface area contributed by atoms with Crippen LogP contribution in [0.1, 0.15) is 22.4 Å². The van der Waals surface area contributed by atoms with Crippen LogP contribution >= 0.6 is 0 Å². The highest BCUT2D eigenvalue weighted by atomic mass is 15.1. The van der Waals surface area contributed by atoms with E-state index in [2.05, 4.69) is 52.7 Å². The Hall–Kier alpha value is -3.39. The Labute approximate surface area is 147 Å². The number of anilines is 4. The first-order valence-corrected chi connectivity index (χ1v) is 8.01. The van der Waals surface area contributed by atoms with Gasteiger partial charge in [0.1, 0.15) is 11.9 Å². The molecule has 0 saturated carbocycles. The van der Waals surface area contributed by atoms with Gasteiger partial charge in [0.2, 0.25) is 5.95 Å². The molecule has 0 bridgehead atoms. The van der Waals surface area contributed by atoms with Crippen LogP contribution in [0.4, 0.5) is 23.1 Å². The number of benzene rings is 2. The zero-order chi connectivity index (χ0) is 17.8. The van der Waals surface area contributed by atoms with E-state index >= 15 is 0 Å². The molecule has 0 fully saturated rings. The summed E-state index contributed by atoms with van der Waals surface area (Å²) < 4.78 is 0. The maximum Gasteiger partial charge on any atom is 0.229 e. The van der Waals surface area contributed by atoms with E-state index in [4.69, 9.17) is 0 Å². The lowest BCUT2D eigenvalue weighted by Crippen LogP contribution is -2.03. The van der Waals surface area contributed by atoms with E-state index in [-0.39, 0.29) is 0 Å². The van der Waals surface area contributed by atoms with E-state index < -0.39 is 0 Å². The second kappa shape index (κ2) is 7.02. The molecule has 25 heavy (non-hydrogen) atoms. The van der Waals surface area contributed by atoms with Crippen LogP contribution in [-0.2, 0) is 0 Å². The molecule has 5 heteroatoms. The number of nitriles is 1. The summed E-state index contributed by atoms with van der Waals surface area (Å²) >= 11 is 0. The molecule has 3 aromatic rings. The summed E-state index contributed by atoms with van der Waals surface area (Å²) in [6.07, 6.45) is 0. The molecule has 0 atom stereocenters. The van der Waals surface area contributed by atoms with Gasteiger partial charge in [0.05, 0.1) is 11.3 Å². The lowest BCUT2D eigenvalue weighted by Gasteiger charge is -2.11. The molecular weight excluding hydrogens is 310 g/mol. The fourth-order valence-electron chi connectivity index (χ4n) is 2.47. The van der Waals surface area contributed by atoms with Crippen molar-refractivity contribution in [1.29, 1.82) is 5.26 Å². The number of nitrogens with one attached hydrogen (secondary N) is 2. The number of aryl methyl sites for hydroxylation is 3. The fraction of sp³-hybridized carbons (Fsp3) is 0.150. The number of hydrogen-bond donors (Lipinski definition) is 2. The minimum absolute atomic E-state index is 0.453. The molecule has 0 aliphatic carbocycles. The number of hydrogen-bond acceptors (Lipinski definition) is 5. The molecule has 0 unspecified atom stereocenters. The molecular formula is C20H19N5. The van der Waals surface area contributed by atoms with Crippen molar-refractivity contribution >= 4 is 23.1 Å². The largest absolute Gasteiger partial charge is 0.340 e. The summed E-state index contributed by atoms with van der Waals surface area (Å²) in [5.74, 6) is 1.15. The number of nitrogens with zero attached hydrogens (tertiary/aromatic N) is 3. The number of rotatable bonds is 4.